The molecule has 0 rings (SSSR count). The van der Waals surface area contributed by atoms with E-state index in [9.17, 15) is 9.59 Å². The summed E-state index contributed by atoms with van der Waals surface area (Å²) in [6.45, 7) is 0. The van der Waals surface area contributed by atoms with Gasteiger partial charge in [0.2, 0.25) is 0 Å². The van der Waals surface area contributed by atoms with Crippen LogP contribution in [-0.4, -0.2) is 48.6 Å². The van der Waals surface area contributed by atoms with Crippen molar-refractivity contribution in [2.75, 3.05) is 14.2 Å². The summed E-state index contributed by atoms with van der Waals surface area (Å²) in [6.07, 6.45) is 0. The fourth-order valence-electron chi connectivity index (χ4n) is 0.167. The molecule has 13 heavy (non-hydrogen) atoms. The normalized spacial score (nSPS) is 6.85. The van der Waals surface area contributed by atoms with Gasteiger partial charge >= 0.3 is 38.1 Å². The molecule has 0 aliphatic carbocycles. The number of hydrogen-bond donors (Lipinski definition) is 3. The molecule has 0 unspecified atom stereocenters. The Kier molecular flexibility index (Phi) is 16.2. The summed E-state index contributed by atoms with van der Waals surface area (Å²) >= 11 is 0. The molecule has 3 N–H and O–H groups in total. The van der Waals surface area contributed by atoms with E-state index >= 15 is 0 Å². The minimum atomic E-state index is -2.17. The van der Waals surface area contributed by atoms with Gasteiger partial charge in [0.1, 0.15) is 0 Å². The van der Waals surface area contributed by atoms with Gasteiger partial charge in [0.25, 0.3) is 0 Å². The molecular weight excluding hydrogens is 178 g/mol. The van der Waals surface area contributed by atoms with E-state index in [1.807, 2.05) is 0 Å². The van der Waals surface area contributed by atoms with Gasteiger partial charge in [-0.2, -0.15) is 0 Å². The molecular formula is C4H10BLiO7. The average molecular weight is 188 g/mol. The maximum Gasteiger partial charge on any atom is 1.00 e. The summed E-state index contributed by atoms with van der Waals surface area (Å²) in [5.74, 6) is -1.96. The Morgan fingerprint density at radius 3 is 1.31 bits per heavy atom. The predicted octanol–water partition coefficient (Wildman–Crippen LogP) is -5.60. The molecule has 72 valence electrons. The van der Waals surface area contributed by atoms with Crippen molar-refractivity contribution in [1.82, 2.24) is 0 Å². The first-order valence-electron chi connectivity index (χ1n) is 2.66. The summed E-state index contributed by atoms with van der Waals surface area (Å²) < 4.78 is 7.98. The SMILES string of the molecule is COC(=O)C(=O)OC.OB(O)O.[H-].[Li+]. The molecule has 0 fully saturated rings. The molecule has 9 heteroatoms. The number of ether oxygens (including phenoxy) is 2. The number of esters is 2. The van der Waals surface area contributed by atoms with Crippen LogP contribution in [0.15, 0.2) is 0 Å². The van der Waals surface area contributed by atoms with E-state index in [4.69, 9.17) is 15.1 Å². The second-order valence-electron chi connectivity index (χ2n) is 1.33. The fourth-order valence-corrected chi connectivity index (χ4v) is 0.167. The second kappa shape index (κ2) is 11.5. The molecule has 0 aromatic heterocycles. The summed E-state index contributed by atoms with van der Waals surface area (Å²) in [7, 11) is 0.0541. The monoisotopic (exact) mass is 188 g/mol. The maximum absolute atomic E-state index is 10.0. The summed E-state index contributed by atoms with van der Waals surface area (Å²) in [6, 6.07) is 0. The van der Waals surface area contributed by atoms with Crippen molar-refractivity contribution >= 4 is 19.3 Å². The quantitative estimate of drug-likeness (QED) is 0.197. The predicted molar refractivity (Wildman–Crippen MR) is 37.6 cm³/mol. The molecule has 0 aromatic carbocycles. The molecule has 0 bridgehead atoms. The van der Waals surface area contributed by atoms with E-state index in [0.29, 0.717) is 0 Å². The molecule has 0 atom stereocenters. The zero-order valence-electron chi connectivity index (χ0n) is 8.55. The summed E-state index contributed by atoms with van der Waals surface area (Å²) in [4.78, 5) is 20.1. The van der Waals surface area contributed by atoms with Gasteiger partial charge in [-0.05, 0) is 0 Å². The molecule has 7 nitrogen and oxygen atoms in total. The molecule has 0 spiro atoms. The largest absolute Gasteiger partial charge is 1.00 e. The van der Waals surface area contributed by atoms with E-state index in [1.54, 1.807) is 0 Å². The average Bonchev–Trinajstić information content (AvgIpc) is 2.00. The third-order valence-corrected chi connectivity index (χ3v) is 0.537. The van der Waals surface area contributed by atoms with Crippen LogP contribution < -0.4 is 18.9 Å². The molecule has 0 amide bonds. The number of carbonyl (C=O) groups is 2. The van der Waals surface area contributed by atoms with Crippen molar-refractivity contribution in [1.29, 1.82) is 0 Å². The molecule has 0 heterocycles. The van der Waals surface area contributed by atoms with Gasteiger partial charge in [0.15, 0.2) is 0 Å². The smallest absolute Gasteiger partial charge is 1.00 e. The Balaban J connectivity index is -0.0000000733. The fraction of sp³-hybridized carbons (Fsp3) is 0.500. The minimum Gasteiger partial charge on any atom is -1.00 e. The van der Waals surface area contributed by atoms with Crippen molar-refractivity contribution in [2.45, 2.75) is 0 Å². The van der Waals surface area contributed by atoms with Crippen molar-refractivity contribution in [3.8, 4) is 0 Å². The van der Waals surface area contributed by atoms with Crippen molar-refractivity contribution in [2.24, 2.45) is 0 Å². The Morgan fingerprint density at radius 1 is 1.08 bits per heavy atom. The zero-order valence-corrected chi connectivity index (χ0v) is 7.55. The molecule has 0 aliphatic rings. The number of carbonyl (C=O) groups excluding carboxylic acids is 2. The first kappa shape index (κ1) is 18.3. The van der Waals surface area contributed by atoms with Crippen molar-refractivity contribution < 1.29 is 54.4 Å². The van der Waals surface area contributed by atoms with Crippen LogP contribution in [0.2, 0.25) is 0 Å². The second-order valence-corrected chi connectivity index (χ2v) is 1.33. The van der Waals surface area contributed by atoms with Crippen molar-refractivity contribution in [3.63, 3.8) is 0 Å². The molecule has 0 aliphatic heterocycles. The third-order valence-electron chi connectivity index (χ3n) is 0.537. The van der Waals surface area contributed by atoms with Crippen LogP contribution in [0.25, 0.3) is 0 Å². The van der Waals surface area contributed by atoms with Gasteiger partial charge in [0.05, 0.1) is 14.2 Å². The Labute approximate surface area is 88.5 Å². The first-order valence-corrected chi connectivity index (χ1v) is 2.66. The molecule has 0 saturated carbocycles. The van der Waals surface area contributed by atoms with E-state index in [1.165, 1.54) is 0 Å². The number of methoxy groups -OCH3 is 2. The minimum absolute atomic E-state index is 0. The van der Waals surface area contributed by atoms with Gasteiger partial charge in [-0.25, -0.2) is 9.59 Å². The van der Waals surface area contributed by atoms with Gasteiger partial charge < -0.3 is 26.0 Å². The van der Waals surface area contributed by atoms with Gasteiger partial charge in [-0.3, -0.25) is 0 Å². The van der Waals surface area contributed by atoms with E-state index in [-0.39, 0.29) is 20.3 Å². The molecule has 0 aromatic rings. The van der Waals surface area contributed by atoms with E-state index in [2.05, 4.69) is 9.47 Å². The third kappa shape index (κ3) is 18.4. The van der Waals surface area contributed by atoms with Crippen LogP contribution in [0.5, 0.6) is 0 Å². The van der Waals surface area contributed by atoms with Crippen LogP contribution in [0, 0.1) is 0 Å². The maximum atomic E-state index is 10.0. The Bertz CT molecular complexity index is 138. The molecule has 0 radical (unpaired) electrons. The summed E-state index contributed by atoms with van der Waals surface area (Å²) in [5, 5.41) is 21.5. The van der Waals surface area contributed by atoms with Crippen LogP contribution in [-0.2, 0) is 19.1 Å². The standard InChI is InChI=1S/C4H6O4.BH3O3.Li.H/c1-7-3(5)4(6)8-2;2-1(3)4;;/h1-2H3;2-4H;;/q;;+1;-1. The van der Waals surface area contributed by atoms with Crippen LogP contribution in [0.4, 0.5) is 0 Å². The van der Waals surface area contributed by atoms with Crippen LogP contribution >= 0.6 is 0 Å². The number of rotatable bonds is 0. The van der Waals surface area contributed by atoms with Gasteiger partial charge in [-0.1, -0.05) is 0 Å². The number of hydrogen-bond acceptors (Lipinski definition) is 7. The van der Waals surface area contributed by atoms with E-state index < -0.39 is 19.3 Å². The zero-order chi connectivity index (χ0) is 10.1. The van der Waals surface area contributed by atoms with Gasteiger partial charge in [0, 0.05) is 0 Å². The van der Waals surface area contributed by atoms with Crippen LogP contribution in [0.3, 0.4) is 0 Å². The van der Waals surface area contributed by atoms with E-state index in [0.717, 1.165) is 14.2 Å². The topological polar surface area (TPSA) is 113 Å². The first-order chi connectivity index (χ1) is 5.45. The molecule has 0 saturated heterocycles. The van der Waals surface area contributed by atoms with Crippen molar-refractivity contribution in [3.05, 3.63) is 0 Å². The Morgan fingerprint density at radius 2 is 1.23 bits per heavy atom. The van der Waals surface area contributed by atoms with Crippen LogP contribution in [0.1, 0.15) is 1.43 Å². The Hall–Kier alpha value is -0.518. The summed E-state index contributed by atoms with van der Waals surface area (Å²) in [5.41, 5.74) is 0. The van der Waals surface area contributed by atoms with Gasteiger partial charge in [-0.15, -0.1) is 0 Å².